The fourth-order valence-corrected chi connectivity index (χ4v) is 4.41. The largest absolute Gasteiger partial charge is 0.496 e. The molecule has 0 aliphatic rings. The van der Waals surface area contributed by atoms with Gasteiger partial charge in [0.1, 0.15) is 5.75 Å². The van der Waals surface area contributed by atoms with Crippen molar-refractivity contribution in [3.63, 3.8) is 0 Å². The third-order valence-electron chi connectivity index (χ3n) is 4.06. The highest BCUT2D eigenvalue weighted by Gasteiger charge is 2.28. The number of rotatable bonds is 6. The molecule has 0 saturated carbocycles. The first-order valence-corrected chi connectivity index (χ1v) is 10.8. The Kier molecular flexibility index (Phi) is 5.55. The van der Waals surface area contributed by atoms with Crippen molar-refractivity contribution in [3.05, 3.63) is 54.1 Å². The minimum absolute atomic E-state index is 0.0316. The summed E-state index contributed by atoms with van der Waals surface area (Å²) in [7, 11) is -4.15. The molecule has 6 nitrogen and oxygen atoms in total. The summed E-state index contributed by atoms with van der Waals surface area (Å²) >= 11 is 0. The summed E-state index contributed by atoms with van der Waals surface area (Å²) in [5.41, 5.74) is 0.740. The number of ether oxygens (including phenoxy) is 1. The van der Waals surface area contributed by atoms with Gasteiger partial charge in [-0.25, -0.2) is 16.8 Å². The van der Waals surface area contributed by atoms with Crippen LogP contribution in [0.15, 0.2) is 58.3 Å². The van der Waals surface area contributed by atoms with Crippen molar-refractivity contribution in [3.8, 4) is 5.75 Å². The van der Waals surface area contributed by atoms with E-state index in [1.165, 1.54) is 42.7 Å². The van der Waals surface area contributed by atoms with Gasteiger partial charge >= 0.3 is 0 Å². The van der Waals surface area contributed by atoms with Crippen molar-refractivity contribution in [2.45, 2.75) is 22.8 Å². The van der Waals surface area contributed by atoms with Gasteiger partial charge in [0.05, 0.1) is 22.9 Å². The third-order valence-corrected chi connectivity index (χ3v) is 7.13. The van der Waals surface area contributed by atoms with Crippen molar-refractivity contribution >= 4 is 19.9 Å². The highest BCUT2D eigenvalue weighted by atomic mass is 32.2. The van der Waals surface area contributed by atoms with Gasteiger partial charge < -0.3 is 4.74 Å². The standard InChI is InChI=1S/C17H21NO5S2/c1-13(16-7-5-6-8-17(16)23-3)18(2)25(21,22)15-11-9-14(10-12-15)24(4,19)20/h5-13H,1-4H3/t13-/m0/s1. The van der Waals surface area contributed by atoms with E-state index in [-0.39, 0.29) is 9.79 Å². The first kappa shape index (κ1) is 19.4. The Morgan fingerprint density at radius 2 is 1.44 bits per heavy atom. The van der Waals surface area contributed by atoms with E-state index in [1.807, 2.05) is 18.2 Å². The number of nitrogens with zero attached hydrogens (tertiary/aromatic N) is 1. The molecule has 0 heterocycles. The van der Waals surface area contributed by atoms with Crippen LogP contribution >= 0.6 is 0 Å². The van der Waals surface area contributed by atoms with Crippen LogP contribution < -0.4 is 4.74 Å². The van der Waals surface area contributed by atoms with E-state index in [0.717, 1.165) is 11.8 Å². The van der Waals surface area contributed by atoms with Gasteiger partial charge in [0.2, 0.25) is 10.0 Å². The van der Waals surface area contributed by atoms with E-state index in [1.54, 1.807) is 13.0 Å². The molecular weight excluding hydrogens is 362 g/mol. The van der Waals surface area contributed by atoms with Crippen molar-refractivity contribution in [2.75, 3.05) is 20.4 Å². The van der Waals surface area contributed by atoms with Crippen molar-refractivity contribution in [1.82, 2.24) is 4.31 Å². The predicted molar refractivity (Wildman–Crippen MR) is 95.9 cm³/mol. The number of methoxy groups -OCH3 is 1. The molecule has 0 amide bonds. The lowest BCUT2D eigenvalue weighted by Gasteiger charge is -2.26. The molecule has 0 spiro atoms. The fraction of sp³-hybridized carbons (Fsp3) is 0.294. The van der Waals surface area contributed by atoms with Crippen LogP contribution in [-0.2, 0) is 19.9 Å². The molecule has 0 unspecified atom stereocenters. The maximum absolute atomic E-state index is 12.8. The van der Waals surface area contributed by atoms with Crippen LogP contribution in [0.3, 0.4) is 0 Å². The summed E-state index contributed by atoms with van der Waals surface area (Å²) in [5.74, 6) is 0.601. The summed E-state index contributed by atoms with van der Waals surface area (Å²) in [6.45, 7) is 1.76. The smallest absolute Gasteiger partial charge is 0.243 e. The monoisotopic (exact) mass is 383 g/mol. The van der Waals surface area contributed by atoms with Gasteiger partial charge in [-0.15, -0.1) is 0 Å². The molecule has 136 valence electrons. The first-order valence-electron chi connectivity index (χ1n) is 7.50. The van der Waals surface area contributed by atoms with Gasteiger partial charge in [0, 0.05) is 18.9 Å². The van der Waals surface area contributed by atoms with Crippen molar-refractivity contribution < 1.29 is 21.6 Å². The van der Waals surface area contributed by atoms with Gasteiger partial charge in [-0.1, -0.05) is 18.2 Å². The Morgan fingerprint density at radius 3 is 1.96 bits per heavy atom. The summed E-state index contributed by atoms with van der Waals surface area (Å²) in [6, 6.07) is 11.9. The average Bonchev–Trinajstić information content (AvgIpc) is 2.59. The van der Waals surface area contributed by atoms with Gasteiger partial charge in [-0.05, 0) is 37.3 Å². The molecule has 1 atom stereocenters. The van der Waals surface area contributed by atoms with Gasteiger partial charge in [-0.2, -0.15) is 4.31 Å². The Bertz CT molecular complexity index is 951. The summed E-state index contributed by atoms with van der Waals surface area (Å²) < 4.78 is 55.3. The molecule has 0 saturated heterocycles. The Morgan fingerprint density at radius 1 is 0.920 bits per heavy atom. The maximum atomic E-state index is 12.8. The molecule has 0 N–H and O–H groups in total. The van der Waals surface area contributed by atoms with Crippen molar-refractivity contribution in [2.24, 2.45) is 0 Å². The van der Waals surface area contributed by atoms with Crippen molar-refractivity contribution in [1.29, 1.82) is 0 Å². The van der Waals surface area contributed by atoms with Crippen LogP contribution in [0.1, 0.15) is 18.5 Å². The van der Waals surface area contributed by atoms with Gasteiger partial charge in [-0.3, -0.25) is 0 Å². The summed E-state index contributed by atoms with van der Waals surface area (Å²) in [6.07, 6.45) is 1.08. The van der Waals surface area contributed by atoms with E-state index >= 15 is 0 Å². The minimum atomic E-state index is -3.79. The highest BCUT2D eigenvalue weighted by molar-refractivity contribution is 7.90. The zero-order chi connectivity index (χ0) is 18.8. The second-order valence-corrected chi connectivity index (χ2v) is 9.70. The number of sulfonamides is 1. The lowest BCUT2D eigenvalue weighted by atomic mass is 10.1. The summed E-state index contributed by atoms with van der Waals surface area (Å²) in [4.78, 5) is 0.107. The lowest BCUT2D eigenvalue weighted by Crippen LogP contribution is -2.30. The predicted octanol–water partition coefficient (Wildman–Crippen LogP) is 2.48. The molecular formula is C17H21NO5S2. The quantitative estimate of drug-likeness (QED) is 0.765. The van der Waals surface area contributed by atoms with Crippen LogP contribution in [0.4, 0.5) is 0 Å². The summed E-state index contributed by atoms with van der Waals surface area (Å²) in [5, 5.41) is 0. The molecule has 0 radical (unpaired) electrons. The lowest BCUT2D eigenvalue weighted by molar-refractivity contribution is 0.367. The zero-order valence-electron chi connectivity index (χ0n) is 14.5. The molecule has 0 aliphatic carbocycles. The SMILES string of the molecule is COc1ccccc1[C@H](C)N(C)S(=O)(=O)c1ccc(S(C)(=O)=O)cc1. The zero-order valence-corrected chi connectivity index (χ0v) is 16.1. The topological polar surface area (TPSA) is 80.8 Å². The first-order chi connectivity index (χ1) is 11.6. The van der Waals surface area contributed by atoms with E-state index in [9.17, 15) is 16.8 Å². The fourth-order valence-electron chi connectivity index (χ4n) is 2.44. The molecule has 2 rings (SSSR count). The van der Waals surface area contributed by atoms with Crippen LogP contribution in [0, 0.1) is 0 Å². The molecule has 0 fully saturated rings. The molecule has 2 aromatic carbocycles. The Balaban J connectivity index is 2.38. The number of hydrogen-bond acceptors (Lipinski definition) is 5. The van der Waals surface area contributed by atoms with Crippen LogP contribution in [0.2, 0.25) is 0 Å². The highest BCUT2D eigenvalue weighted by Crippen LogP contribution is 2.31. The number of hydrogen-bond donors (Lipinski definition) is 0. The van der Waals surface area contributed by atoms with E-state index < -0.39 is 25.9 Å². The van der Waals surface area contributed by atoms with E-state index in [0.29, 0.717) is 5.75 Å². The van der Waals surface area contributed by atoms with Crippen LogP contribution in [0.25, 0.3) is 0 Å². The van der Waals surface area contributed by atoms with Gasteiger partial charge in [0.15, 0.2) is 9.84 Å². The molecule has 25 heavy (non-hydrogen) atoms. The number of sulfone groups is 1. The van der Waals surface area contributed by atoms with Crippen LogP contribution in [0.5, 0.6) is 5.75 Å². The average molecular weight is 383 g/mol. The molecule has 0 aromatic heterocycles. The Hall–Kier alpha value is -1.90. The minimum Gasteiger partial charge on any atom is -0.496 e. The van der Waals surface area contributed by atoms with E-state index in [2.05, 4.69) is 0 Å². The third kappa shape index (κ3) is 4.02. The normalized spacial score (nSPS) is 13.6. The maximum Gasteiger partial charge on any atom is 0.243 e. The van der Waals surface area contributed by atoms with Gasteiger partial charge in [0.25, 0.3) is 0 Å². The molecule has 2 aromatic rings. The van der Waals surface area contributed by atoms with E-state index in [4.69, 9.17) is 4.74 Å². The second kappa shape index (κ2) is 7.15. The molecule has 0 bridgehead atoms. The molecule has 0 aliphatic heterocycles. The number of benzene rings is 2. The second-order valence-electron chi connectivity index (χ2n) is 5.68. The Labute approximate surface area is 149 Å². The molecule has 8 heteroatoms. The number of para-hydroxylation sites is 1. The van der Waals surface area contributed by atoms with Crippen LogP contribution in [-0.4, -0.2) is 41.6 Å².